The van der Waals surface area contributed by atoms with Crippen molar-refractivity contribution in [1.29, 1.82) is 0 Å². The molecule has 0 saturated heterocycles. The predicted octanol–water partition coefficient (Wildman–Crippen LogP) is 3.49. The van der Waals surface area contributed by atoms with Gasteiger partial charge in [-0.3, -0.25) is 5.32 Å². The second-order valence-corrected chi connectivity index (χ2v) is 5.85. The van der Waals surface area contributed by atoms with Crippen molar-refractivity contribution in [3.8, 4) is 0 Å². The zero-order chi connectivity index (χ0) is 15.1. The Balaban J connectivity index is 2.87. The summed E-state index contributed by atoms with van der Waals surface area (Å²) in [4.78, 5) is 12.1. The van der Waals surface area contributed by atoms with Crippen LogP contribution in [0.15, 0.2) is 24.3 Å². The molecular formula is C17H27NO2. The lowest BCUT2D eigenvalue weighted by atomic mass is 9.99. The summed E-state index contributed by atoms with van der Waals surface area (Å²) in [5, 5.41) is 3.27. The van der Waals surface area contributed by atoms with Gasteiger partial charge in [0.05, 0.1) is 6.61 Å². The molecular weight excluding hydrogens is 250 g/mol. The monoisotopic (exact) mass is 277 g/mol. The molecule has 1 rings (SSSR count). The predicted molar refractivity (Wildman–Crippen MR) is 82.6 cm³/mol. The summed E-state index contributed by atoms with van der Waals surface area (Å²) in [7, 11) is 0. The highest BCUT2D eigenvalue weighted by molar-refractivity contribution is 5.77. The maximum Gasteiger partial charge on any atom is 0.327 e. The Bertz CT molecular complexity index is 410. The Morgan fingerprint density at radius 1 is 1.15 bits per heavy atom. The molecule has 0 aliphatic rings. The first-order valence-electron chi connectivity index (χ1n) is 7.45. The van der Waals surface area contributed by atoms with E-state index in [0.717, 1.165) is 12.0 Å². The van der Waals surface area contributed by atoms with Crippen LogP contribution in [-0.2, 0) is 16.0 Å². The van der Waals surface area contributed by atoms with Crippen molar-refractivity contribution < 1.29 is 9.53 Å². The van der Waals surface area contributed by atoms with Crippen LogP contribution in [0.4, 0.5) is 0 Å². The lowest BCUT2D eigenvalue weighted by Crippen LogP contribution is -2.34. The Morgan fingerprint density at radius 2 is 1.75 bits per heavy atom. The summed E-state index contributed by atoms with van der Waals surface area (Å²) >= 11 is 0. The zero-order valence-corrected chi connectivity index (χ0v) is 13.3. The van der Waals surface area contributed by atoms with Gasteiger partial charge in [-0.1, -0.05) is 38.1 Å². The van der Waals surface area contributed by atoms with E-state index in [2.05, 4.69) is 31.3 Å². The Hall–Kier alpha value is -1.35. The minimum absolute atomic E-state index is 0.210. The van der Waals surface area contributed by atoms with Crippen LogP contribution in [0, 0.1) is 5.92 Å². The third kappa shape index (κ3) is 5.33. The molecule has 0 radical (unpaired) electrons. The number of hydrogen-bond acceptors (Lipinski definition) is 3. The number of nitrogens with one attached hydrogen (secondary N) is 1. The standard InChI is InChI=1S/C17H27NO2/c1-6-20-17(19)16(18-13(4)5)15-9-7-14(8-10-15)11-12(2)3/h7-10,12-13,16,18H,6,11H2,1-5H3. The highest BCUT2D eigenvalue weighted by Crippen LogP contribution is 2.18. The second kappa shape index (κ2) is 8.05. The summed E-state index contributed by atoms with van der Waals surface area (Å²) in [5.41, 5.74) is 2.26. The average molecular weight is 277 g/mol. The lowest BCUT2D eigenvalue weighted by Gasteiger charge is -2.20. The SMILES string of the molecule is CCOC(=O)C(NC(C)C)c1ccc(CC(C)C)cc1. The van der Waals surface area contributed by atoms with Gasteiger partial charge in [0.2, 0.25) is 0 Å². The number of benzene rings is 1. The molecule has 0 spiro atoms. The summed E-state index contributed by atoms with van der Waals surface area (Å²) in [6.07, 6.45) is 1.06. The van der Waals surface area contributed by atoms with E-state index in [1.165, 1.54) is 5.56 Å². The minimum atomic E-state index is -0.386. The molecule has 0 bridgehead atoms. The van der Waals surface area contributed by atoms with Gasteiger partial charge in [0.25, 0.3) is 0 Å². The van der Waals surface area contributed by atoms with Crippen molar-refractivity contribution in [3.05, 3.63) is 35.4 Å². The highest BCUT2D eigenvalue weighted by atomic mass is 16.5. The van der Waals surface area contributed by atoms with Gasteiger partial charge in [-0.25, -0.2) is 4.79 Å². The molecule has 1 aromatic rings. The van der Waals surface area contributed by atoms with Gasteiger partial charge < -0.3 is 4.74 Å². The van der Waals surface area contributed by atoms with Crippen molar-refractivity contribution in [3.63, 3.8) is 0 Å². The van der Waals surface area contributed by atoms with E-state index in [9.17, 15) is 4.79 Å². The topological polar surface area (TPSA) is 38.3 Å². The van der Waals surface area contributed by atoms with Crippen molar-refractivity contribution in [1.82, 2.24) is 5.32 Å². The molecule has 20 heavy (non-hydrogen) atoms. The molecule has 3 heteroatoms. The van der Waals surface area contributed by atoms with Crippen LogP contribution in [0.5, 0.6) is 0 Å². The first kappa shape index (κ1) is 16.7. The molecule has 0 aliphatic carbocycles. The van der Waals surface area contributed by atoms with Crippen molar-refractivity contribution in [2.24, 2.45) is 5.92 Å². The third-order valence-electron chi connectivity index (χ3n) is 2.98. The highest BCUT2D eigenvalue weighted by Gasteiger charge is 2.22. The number of esters is 1. The molecule has 0 saturated carbocycles. The fourth-order valence-electron chi connectivity index (χ4n) is 2.18. The van der Waals surface area contributed by atoms with E-state index in [1.807, 2.05) is 32.9 Å². The van der Waals surface area contributed by atoms with Crippen LogP contribution >= 0.6 is 0 Å². The minimum Gasteiger partial charge on any atom is -0.465 e. The van der Waals surface area contributed by atoms with Gasteiger partial charge in [-0.15, -0.1) is 0 Å². The van der Waals surface area contributed by atoms with Gasteiger partial charge in [-0.2, -0.15) is 0 Å². The van der Waals surface area contributed by atoms with Gasteiger partial charge in [0.1, 0.15) is 6.04 Å². The maximum absolute atomic E-state index is 12.1. The summed E-state index contributed by atoms with van der Waals surface area (Å²) in [6.45, 7) is 10.7. The van der Waals surface area contributed by atoms with Gasteiger partial charge in [0.15, 0.2) is 0 Å². The molecule has 112 valence electrons. The molecule has 1 N–H and O–H groups in total. The first-order valence-corrected chi connectivity index (χ1v) is 7.45. The summed E-state index contributed by atoms with van der Waals surface area (Å²) in [5.74, 6) is 0.424. The summed E-state index contributed by atoms with van der Waals surface area (Å²) in [6, 6.07) is 8.08. The quantitative estimate of drug-likeness (QED) is 0.775. The number of hydrogen-bond donors (Lipinski definition) is 1. The first-order chi connectivity index (χ1) is 9.43. The van der Waals surface area contributed by atoms with Crippen molar-refractivity contribution >= 4 is 5.97 Å². The smallest absolute Gasteiger partial charge is 0.327 e. The Morgan fingerprint density at radius 3 is 2.20 bits per heavy atom. The molecule has 1 unspecified atom stereocenters. The third-order valence-corrected chi connectivity index (χ3v) is 2.98. The van der Waals surface area contributed by atoms with E-state index in [-0.39, 0.29) is 18.1 Å². The number of carbonyl (C=O) groups excluding carboxylic acids is 1. The average Bonchev–Trinajstić information content (AvgIpc) is 2.36. The number of carbonyl (C=O) groups is 1. The van der Waals surface area contributed by atoms with Crippen molar-refractivity contribution in [2.45, 2.75) is 53.1 Å². The van der Waals surface area contributed by atoms with Crippen LogP contribution in [-0.4, -0.2) is 18.6 Å². The molecule has 0 fully saturated rings. The molecule has 1 aromatic carbocycles. The Labute approximate surface area is 122 Å². The molecule has 0 amide bonds. The van der Waals surface area contributed by atoms with Gasteiger partial charge in [0, 0.05) is 6.04 Å². The van der Waals surface area contributed by atoms with E-state index >= 15 is 0 Å². The van der Waals surface area contributed by atoms with Crippen LogP contribution in [0.3, 0.4) is 0 Å². The van der Waals surface area contributed by atoms with Gasteiger partial charge in [-0.05, 0) is 44.2 Å². The number of ether oxygens (including phenoxy) is 1. The molecule has 3 nitrogen and oxygen atoms in total. The summed E-state index contributed by atoms with van der Waals surface area (Å²) < 4.78 is 5.15. The fraction of sp³-hybridized carbons (Fsp3) is 0.588. The second-order valence-electron chi connectivity index (χ2n) is 5.85. The van der Waals surface area contributed by atoms with Crippen molar-refractivity contribution in [2.75, 3.05) is 6.61 Å². The van der Waals surface area contributed by atoms with E-state index in [0.29, 0.717) is 12.5 Å². The van der Waals surface area contributed by atoms with Gasteiger partial charge >= 0.3 is 5.97 Å². The van der Waals surface area contributed by atoms with E-state index < -0.39 is 0 Å². The molecule has 0 aromatic heterocycles. The maximum atomic E-state index is 12.1. The molecule has 1 atom stereocenters. The number of rotatable bonds is 7. The van der Waals surface area contributed by atoms with Crippen LogP contribution in [0.1, 0.15) is 51.8 Å². The normalized spacial score (nSPS) is 12.8. The largest absolute Gasteiger partial charge is 0.465 e. The zero-order valence-electron chi connectivity index (χ0n) is 13.3. The van der Waals surface area contributed by atoms with Crippen LogP contribution in [0.2, 0.25) is 0 Å². The Kier molecular flexibility index (Phi) is 6.73. The molecule has 0 aliphatic heterocycles. The lowest BCUT2D eigenvalue weighted by molar-refractivity contribution is -0.146. The van der Waals surface area contributed by atoms with Crippen LogP contribution in [0.25, 0.3) is 0 Å². The van der Waals surface area contributed by atoms with Crippen LogP contribution < -0.4 is 5.32 Å². The van der Waals surface area contributed by atoms with E-state index in [4.69, 9.17) is 4.74 Å². The van der Waals surface area contributed by atoms with E-state index in [1.54, 1.807) is 0 Å². The fourth-order valence-corrected chi connectivity index (χ4v) is 2.18. The molecule has 0 heterocycles.